The number of nitrogens with one attached hydrogen (secondary N) is 1. The molecule has 2 saturated carbocycles. The Labute approximate surface area is 330 Å². The van der Waals surface area contributed by atoms with E-state index < -0.39 is 23.5 Å². The molecule has 12 nitrogen and oxygen atoms in total. The number of aryl methyl sites for hydroxylation is 1. The number of primary amides is 1. The van der Waals surface area contributed by atoms with Gasteiger partial charge in [0.2, 0.25) is 11.8 Å². The maximum absolute atomic E-state index is 13.9. The third-order valence-electron chi connectivity index (χ3n) is 12.2. The van der Waals surface area contributed by atoms with E-state index in [4.69, 9.17) is 38.7 Å². The van der Waals surface area contributed by atoms with E-state index in [0.717, 1.165) is 84.8 Å². The lowest BCUT2D eigenvalue weighted by Crippen LogP contribution is -2.38. The Morgan fingerprint density at radius 1 is 0.982 bits per heavy atom. The number of halogens is 4. The van der Waals surface area contributed by atoms with Gasteiger partial charge in [-0.2, -0.15) is 0 Å². The minimum atomic E-state index is -3.08. The van der Waals surface area contributed by atoms with Crippen LogP contribution in [0.5, 0.6) is 5.88 Å². The number of ether oxygens (including phenoxy) is 1. The molecule has 56 heavy (non-hydrogen) atoms. The summed E-state index contributed by atoms with van der Waals surface area (Å²) in [5.74, 6) is -0.691. The van der Waals surface area contributed by atoms with E-state index in [9.17, 15) is 23.2 Å². The molecule has 3 N–H and O–H groups in total. The first-order chi connectivity index (χ1) is 26.7. The van der Waals surface area contributed by atoms with Crippen LogP contribution in [-0.2, 0) is 31.9 Å². The molecule has 2 fully saturated rings. The number of aromatic nitrogens is 5. The van der Waals surface area contributed by atoms with E-state index in [1.54, 1.807) is 25.3 Å². The molecule has 1 aliphatic heterocycles. The van der Waals surface area contributed by atoms with Crippen LogP contribution in [0.4, 0.5) is 20.3 Å². The third kappa shape index (κ3) is 6.31. The van der Waals surface area contributed by atoms with Crippen LogP contribution in [-0.4, -0.2) is 55.1 Å². The summed E-state index contributed by atoms with van der Waals surface area (Å²) >= 11 is 14.2. The summed E-state index contributed by atoms with van der Waals surface area (Å²) in [7, 11) is 4.23. The van der Waals surface area contributed by atoms with Crippen molar-refractivity contribution in [2.24, 2.45) is 30.7 Å². The summed E-state index contributed by atoms with van der Waals surface area (Å²) in [6, 6.07) is 12.7. The van der Waals surface area contributed by atoms with E-state index in [1.165, 1.54) is 14.1 Å². The van der Waals surface area contributed by atoms with E-state index in [-0.39, 0.29) is 44.3 Å². The molecule has 5 aromatic rings. The van der Waals surface area contributed by atoms with Gasteiger partial charge < -0.3 is 15.8 Å². The molecule has 0 saturated heterocycles. The number of pyridine rings is 1. The van der Waals surface area contributed by atoms with Crippen LogP contribution < -0.4 is 27.0 Å². The minimum absolute atomic E-state index is 0.143. The number of nitrogens with zero attached hydrogens (tertiary/aromatic N) is 6. The number of carbonyl (C=O) groups is 1. The number of benzene rings is 2. The summed E-state index contributed by atoms with van der Waals surface area (Å²) in [6.45, 7) is 2.52. The zero-order valence-corrected chi connectivity index (χ0v) is 32.6. The smallest absolute Gasteiger partial charge is 0.332 e. The van der Waals surface area contributed by atoms with Crippen molar-refractivity contribution in [3.8, 4) is 28.3 Å². The first kappa shape index (κ1) is 38.0. The standard InChI is InChI=1S/C40H40Cl2F2N8O4/c1-50-34-28(36(53)51(2)38(50)55)32(48-33(49-34)31(43)44)46-26-9-5-7-24(30(26)42)23-6-4-8-25(29(23)41)27-18-21-19-52(16-10-22(21)35(47-27)56-3)17-15-39-11-13-40(20-39,14-12-39)37(45)54/h4-9,18,31H,10-17,19-20H2,1-3H3,(H2,45,54)(H,46,48,49). The Balaban J connectivity index is 1.10. The number of methoxy groups -OCH3 is 1. The van der Waals surface area contributed by atoms with Gasteiger partial charge in [-0.05, 0) is 74.6 Å². The van der Waals surface area contributed by atoms with Crippen molar-refractivity contribution in [2.75, 3.05) is 25.5 Å². The number of rotatable bonds is 10. The molecule has 292 valence electrons. The molecule has 2 bridgehead atoms. The molecule has 1 amide bonds. The first-order valence-electron chi connectivity index (χ1n) is 18.4. The van der Waals surface area contributed by atoms with Crippen molar-refractivity contribution in [3.05, 3.63) is 90.3 Å². The van der Waals surface area contributed by atoms with Gasteiger partial charge in [0.25, 0.3) is 12.0 Å². The fourth-order valence-corrected chi connectivity index (χ4v) is 9.66. The van der Waals surface area contributed by atoms with Crippen LogP contribution in [0.15, 0.2) is 52.1 Å². The Morgan fingerprint density at radius 2 is 1.68 bits per heavy atom. The Bertz CT molecular complexity index is 2550. The predicted molar refractivity (Wildman–Crippen MR) is 211 cm³/mol. The second-order valence-corrected chi connectivity index (χ2v) is 16.1. The Kier molecular flexibility index (Phi) is 9.65. The zero-order valence-electron chi connectivity index (χ0n) is 31.1. The van der Waals surface area contributed by atoms with Gasteiger partial charge in [0.15, 0.2) is 11.5 Å². The van der Waals surface area contributed by atoms with Crippen LogP contribution >= 0.6 is 23.2 Å². The van der Waals surface area contributed by atoms with Crippen molar-refractivity contribution < 1.29 is 18.3 Å². The van der Waals surface area contributed by atoms with Crippen molar-refractivity contribution in [3.63, 3.8) is 0 Å². The highest BCUT2D eigenvalue weighted by Crippen LogP contribution is 2.63. The molecule has 2 aromatic carbocycles. The van der Waals surface area contributed by atoms with Gasteiger partial charge in [-0.25, -0.2) is 28.5 Å². The van der Waals surface area contributed by atoms with Crippen molar-refractivity contribution in [2.45, 2.75) is 57.9 Å². The minimum Gasteiger partial charge on any atom is -0.481 e. The Morgan fingerprint density at radius 3 is 2.36 bits per heavy atom. The first-order valence-corrected chi connectivity index (χ1v) is 19.2. The quantitative estimate of drug-likeness (QED) is 0.153. The summed E-state index contributed by atoms with van der Waals surface area (Å²) in [6.07, 6.45) is 3.55. The van der Waals surface area contributed by atoms with E-state index >= 15 is 0 Å². The predicted octanol–water partition coefficient (Wildman–Crippen LogP) is 6.94. The van der Waals surface area contributed by atoms with Crippen LogP contribution in [0.2, 0.25) is 10.0 Å². The van der Waals surface area contributed by atoms with Crippen molar-refractivity contribution in [1.29, 1.82) is 0 Å². The van der Waals surface area contributed by atoms with Gasteiger partial charge in [-0.1, -0.05) is 53.5 Å². The lowest BCUT2D eigenvalue weighted by Gasteiger charge is -2.33. The largest absolute Gasteiger partial charge is 0.481 e. The summed E-state index contributed by atoms with van der Waals surface area (Å²) in [5.41, 5.74) is 8.78. The molecular weight excluding hydrogens is 765 g/mol. The Hall–Kier alpha value is -4.92. The molecule has 0 atom stereocenters. The summed E-state index contributed by atoms with van der Waals surface area (Å²) in [4.78, 5) is 53.2. The molecule has 3 aliphatic rings. The number of hydrogen-bond donors (Lipinski definition) is 2. The molecule has 0 radical (unpaired) electrons. The SMILES string of the molecule is COc1nc(-c2cccc(-c3cccc(Nc4nc(C(F)F)nc5c4c(=O)n(C)c(=O)n5C)c3Cl)c2Cl)cc2c1CCN(CCC13CCC(C(N)=O)(CC1)C3)C2. The number of hydrogen-bond acceptors (Lipinski definition) is 9. The third-order valence-corrected chi connectivity index (χ3v) is 13.0. The molecular formula is C40H40Cl2F2N8O4. The van der Waals surface area contributed by atoms with Crippen LogP contribution in [0, 0.1) is 10.8 Å². The van der Waals surface area contributed by atoms with Gasteiger partial charge in [-0.3, -0.25) is 23.6 Å². The fourth-order valence-electron chi connectivity index (χ4n) is 9.06. The molecule has 16 heteroatoms. The van der Waals surface area contributed by atoms with Crippen molar-refractivity contribution in [1.82, 2.24) is 29.0 Å². The average molecular weight is 806 g/mol. The van der Waals surface area contributed by atoms with Gasteiger partial charge in [0.1, 0.15) is 11.2 Å². The van der Waals surface area contributed by atoms with Crippen LogP contribution in [0.25, 0.3) is 33.4 Å². The fraction of sp³-hybridized carbons (Fsp3) is 0.400. The number of amides is 1. The zero-order chi connectivity index (χ0) is 39.7. The van der Waals surface area contributed by atoms with Gasteiger partial charge in [0, 0.05) is 54.9 Å². The molecule has 2 aliphatic carbocycles. The van der Waals surface area contributed by atoms with Gasteiger partial charge >= 0.3 is 5.69 Å². The molecule has 0 unspecified atom stereocenters. The van der Waals surface area contributed by atoms with Crippen LogP contribution in [0.1, 0.15) is 61.9 Å². The maximum atomic E-state index is 13.9. The topological polar surface area (TPSA) is 150 Å². The molecule has 8 rings (SSSR count). The van der Waals surface area contributed by atoms with E-state index in [1.807, 2.05) is 18.2 Å². The molecule has 4 heterocycles. The second kappa shape index (κ2) is 14.2. The highest BCUT2D eigenvalue weighted by Gasteiger charge is 2.56. The number of carbonyl (C=O) groups excluding carboxylic acids is 1. The highest BCUT2D eigenvalue weighted by atomic mass is 35.5. The molecule has 0 spiro atoms. The van der Waals surface area contributed by atoms with Gasteiger partial charge in [0.05, 0.1) is 28.5 Å². The average Bonchev–Trinajstić information content (AvgIpc) is 3.77. The number of anilines is 2. The lowest BCUT2D eigenvalue weighted by atomic mass is 9.80. The summed E-state index contributed by atoms with van der Waals surface area (Å²) in [5, 5.41) is 3.36. The monoisotopic (exact) mass is 804 g/mol. The van der Waals surface area contributed by atoms with E-state index in [2.05, 4.69) is 26.3 Å². The lowest BCUT2D eigenvalue weighted by molar-refractivity contribution is -0.127. The number of nitrogens with two attached hydrogens (primary N) is 1. The summed E-state index contributed by atoms with van der Waals surface area (Å²) < 4.78 is 35.5. The number of alkyl halides is 2. The van der Waals surface area contributed by atoms with Crippen molar-refractivity contribution >= 4 is 51.6 Å². The second-order valence-electron chi connectivity index (χ2n) is 15.3. The normalized spacial score (nSPS) is 20.5. The highest BCUT2D eigenvalue weighted by molar-refractivity contribution is 6.39. The maximum Gasteiger partial charge on any atom is 0.332 e. The number of fused-ring (bicyclic) bond motifs is 4. The van der Waals surface area contributed by atoms with E-state index in [0.29, 0.717) is 33.3 Å². The van der Waals surface area contributed by atoms with Gasteiger partial charge in [-0.15, -0.1) is 0 Å². The molecule has 3 aromatic heterocycles. The van der Waals surface area contributed by atoms with Crippen LogP contribution in [0.3, 0.4) is 0 Å².